The van der Waals surface area contributed by atoms with Crippen LogP contribution in [0.2, 0.25) is 0 Å². The summed E-state index contributed by atoms with van der Waals surface area (Å²) < 4.78 is 10.8. The fourth-order valence-electron chi connectivity index (χ4n) is 1.45. The number of aryl methyl sites for hydroxylation is 2. The second kappa shape index (κ2) is 4.86. The summed E-state index contributed by atoms with van der Waals surface area (Å²) in [5.74, 6) is 1.57. The highest BCUT2D eigenvalue weighted by atomic mass is 16.5. The van der Waals surface area contributed by atoms with Crippen molar-refractivity contribution in [2.45, 2.75) is 13.8 Å². The van der Waals surface area contributed by atoms with Gasteiger partial charge in [-0.3, -0.25) is 0 Å². The van der Waals surface area contributed by atoms with E-state index in [0.29, 0.717) is 13.2 Å². The molecule has 0 aliphatic rings. The summed E-state index contributed by atoms with van der Waals surface area (Å²) in [6.07, 6.45) is 0. The van der Waals surface area contributed by atoms with E-state index < -0.39 is 0 Å². The van der Waals surface area contributed by atoms with Crippen molar-refractivity contribution in [3.05, 3.63) is 23.3 Å². The first-order valence-electron chi connectivity index (χ1n) is 4.67. The van der Waals surface area contributed by atoms with Gasteiger partial charge in [-0.2, -0.15) is 0 Å². The Morgan fingerprint density at radius 2 is 2.00 bits per heavy atom. The normalized spacial score (nSPS) is 10.0. The monoisotopic (exact) mass is 195 g/mol. The van der Waals surface area contributed by atoms with E-state index in [-0.39, 0.29) is 0 Å². The van der Waals surface area contributed by atoms with Crippen LogP contribution >= 0.6 is 0 Å². The Labute approximate surface area is 84.8 Å². The van der Waals surface area contributed by atoms with Crippen molar-refractivity contribution < 1.29 is 9.47 Å². The Morgan fingerprint density at radius 1 is 1.29 bits per heavy atom. The third-order valence-corrected chi connectivity index (χ3v) is 1.96. The van der Waals surface area contributed by atoms with Gasteiger partial charge in [-0.1, -0.05) is 6.07 Å². The molecule has 0 amide bonds. The third-order valence-electron chi connectivity index (χ3n) is 1.96. The molecule has 78 valence electrons. The van der Waals surface area contributed by atoms with E-state index in [1.54, 1.807) is 7.11 Å². The second-order valence-electron chi connectivity index (χ2n) is 3.25. The van der Waals surface area contributed by atoms with Crippen LogP contribution in [0.1, 0.15) is 11.1 Å². The fraction of sp³-hybridized carbons (Fsp3) is 0.455. The minimum absolute atomic E-state index is 0.510. The topological polar surface area (TPSA) is 44.5 Å². The van der Waals surface area contributed by atoms with E-state index >= 15 is 0 Å². The zero-order valence-corrected chi connectivity index (χ0v) is 8.96. The molecule has 0 radical (unpaired) electrons. The molecular formula is C11H17NO2. The predicted molar refractivity (Wildman–Crippen MR) is 57.0 cm³/mol. The van der Waals surface area contributed by atoms with Crippen LogP contribution in [0.5, 0.6) is 11.5 Å². The lowest BCUT2D eigenvalue weighted by atomic mass is 10.1. The summed E-state index contributed by atoms with van der Waals surface area (Å²) >= 11 is 0. The van der Waals surface area contributed by atoms with Crippen molar-refractivity contribution in [1.29, 1.82) is 0 Å². The van der Waals surface area contributed by atoms with Crippen LogP contribution in [0.3, 0.4) is 0 Å². The van der Waals surface area contributed by atoms with Crippen LogP contribution in [0.15, 0.2) is 12.1 Å². The lowest BCUT2D eigenvalue weighted by molar-refractivity contribution is 0.301. The van der Waals surface area contributed by atoms with Crippen molar-refractivity contribution >= 4 is 0 Å². The summed E-state index contributed by atoms with van der Waals surface area (Å²) in [6.45, 7) is 5.05. The molecule has 0 unspecified atom stereocenters. The zero-order chi connectivity index (χ0) is 10.6. The van der Waals surface area contributed by atoms with Gasteiger partial charge in [0.1, 0.15) is 6.61 Å². The molecule has 14 heavy (non-hydrogen) atoms. The van der Waals surface area contributed by atoms with E-state index in [1.807, 2.05) is 19.9 Å². The number of hydrogen-bond donors (Lipinski definition) is 1. The Balaban J connectivity index is 2.99. The molecule has 0 heterocycles. The lowest BCUT2D eigenvalue weighted by Crippen LogP contribution is -2.11. The maximum Gasteiger partial charge on any atom is 0.163 e. The van der Waals surface area contributed by atoms with Gasteiger partial charge in [0.25, 0.3) is 0 Å². The zero-order valence-electron chi connectivity index (χ0n) is 8.96. The highest BCUT2D eigenvalue weighted by Crippen LogP contribution is 2.31. The highest BCUT2D eigenvalue weighted by molar-refractivity contribution is 5.48. The number of benzene rings is 1. The molecule has 0 aromatic heterocycles. The second-order valence-corrected chi connectivity index (χ2v) is 3.25. The van der Waals surface area contributed by atoms with Crippen molar-refractivity contribution in [3.63, 3.8) is 0 Å². The van der Waals surface area contributed by atoms with Crippen LogP contribution in [0.25, 0.3) is 0 Å². The van der Waals surface area contributed by atoms with Gasteiger partial charge in [-0.05, 0) is 31.0 Å². The van der Waals surface area contributed by atoms with Crippen LogP contribution in [-0.2, 0) is 0 Å². The largest absolute Gasteiger partial charge is 0.493 e. The standard InChI is InChI=1S/C11H17NO2/c1-8-6-9(2)11(13-3)10(7-8)14-5-4-12/h6-7H,4-5,12H2,1-3H3. The van der Waals surface area contributed by atoms with E-state index in [0.717, 1.165) is 22.6 Å². The molecule has 1 aromatic rings. The van der Waals surface area contributed by atoms with Gasteiger partial charge in [0.15, 0.2) is 11.5 Å². The molecule has 0 spiro atoms. The van der Waals surface area contributed by atoms with Crippen molar-refractivity contribution in [2.24, 2.45) is 5.73 Å². The molecular weight excluding hydrogens is 178 g/mol. The Bertz CT molecular complexity index is 310. The number of rotatable bonds is 4. The number of hydrogen-bond acceptors (Lipinski definition) is 3. The van der Waals surface area contributed by atoms with Gasteiger partial charge < -0.3 is 15.2 Å². The summed E-state index contributed by atoms with van der Waals surface area (Å²) in [7, 11) is 1.65. The van der Waals surface area contributed by atoms with E-state index in [2.05, 4.69) is 6.07 Å². The fourth-order valence-corrected chi connectivity index (χ4v) is 1.45. The molecule has 2 N–H and O–H groups in total. The van der Waals surface area contributed by atoms with E-state index in [9.17, 15) is 0 Å². The summed E-state index contributed by atoms with van der Waals surface area (Å²) in [4.78, 5) is 0. The Hall–Kier alpha value is -1.22. The summed E-state index contributed by atoms with van der Waals surface area (Å²) in [5, 5.41) is 0. The molecule has 3 nitrogen and oxygen atoms in total. The van der Waals surface area contributed by atoms with Crippen LogP contribution in [-0.4, -0.2) is 20.3 Å². The SMILES string of the molecule is COc1c(C)cc(C)cc1OCCN. The number of methoxy groups -OCH3 is 1. The maximum absolute atomic E-state index is 5.49. The lowest BCUT2D eigenvalue weighted by Gasteiger charge is -2.13. The molecule has 0 aliphatic heterocycles. The molecule has 0 fully saturated rings. The van der Waals surface area contributed by atoms with Gasteiger partial charge >= 0.3 is 0 Å². The van der Waals surface area contributed by atoms with Crippen LogP contribution < -0.4 is 15.2 Å². The first-order valence-corrected chi connectivity index (χ1v) is 4.67. The average Bonchev–Trinajstić information content (AvgIpc) is 2.14. The summed E-state index contributed by atoms with van der Waals surface area (Å²) in [5.41, 5.74) is 7.62. The van der Waals surface area contributed by atoms with Gasteiger partial charge in [0.2, 0.25) is 0 Å². The molecule has 0 saturated carbocycles. The average molecular weight is 195 g/mol. The molecule has 0 atom stereocenters. The Morgan fingerprint density at radius 3 is 2.57 bits per heavy atom. The molecule has 0 saturated heterocycles. The quantitative estimate of drug-likeness (QED) is 0.794. The van der Waals surface area contributed by atoms with E-state index in [4.69, 9.17) is 15.2 Å². The van der Waals surface area contributed by atoms with Crippen molar-refractivity contribution in [3.8, 4) is 11.5 Å². The minimum atomic E-state index is 0.510. The predicted octanol–water partition coefficient (Wildman–Crippen LogP) is 1.65. The Kier molecular flexibility index (Phi) is 3.77. The summed E-state index contributed by atoms with van der Waals surface area (Å²) in [6, 6.07) is 4.02. The highest BCUT2D eigenvalue weighted by Gasteiger charge is 2.07. The smallest absolute Gasteiger partial charge is 0.163 e. The van der Waals surface area contributed by atoms with Gasteiger partial charge in [0, 0.05) is 6.54 Å². The van der Waals surface area contributed by atoms with Crippen LogP contribution in [0, 0.1) is 13.8 Å². The first-order chi connectivity index (χ1) is 6.69. The maximum atomic E-state index is 5.49. The minimum Gasteiger partial charge on any atom is -0.493 e. The van der Waals surface area contributed by atoms with Crippen molar-refractivity contribution in [1.82, 2.24) is 0 Å². The molecule has 0 bridgehead atoms. The first kappa shape index (κ1) is 10.9. The molecule has 3 heteroatoms. The molecule has 0 aliphatic carbocycles. The van der Waals surface area contributed by atoms with E-state index in [1.165, 1.54) is 0 Å². The molecule has 1 rings (SSSR count). The van der Waals surface area contributed by atoms with Crippen molar-refractivity contribution in [2.75, 3.05) is 20.3 Å². The molecule has 1 aromatic carbocycles. The number of nitrogens with two attached hydrogens (primary N) is 1. The van der Waals surface area contributed by atoms with Gasteiger partial charge in [-0.25, -0.2) is 0 Å². The third kappa shape index (κ3) is 2.39. The van der Waals surface area contributed by atoms with Gasteiger partial charge in [-0.15, -0.1) is 0 Å². The number of ether oxygens (including phenoxy) is 2. The van der Waals surface area contributed by atoms with Gasteiger partial charge in [0.05, 0.1) is 7.11 Å². The van der Waals surface area contributed by atoms with Crippen LogP contribution in [0.4, 0.5) is 0 Å².